The molecule has 2 heteroatoms. The Morgan fingerprint density at radius 3 is 2.80 bits per heavy atom. The highest BCUT2D eigenvalue weighted by molar-refractivity contribution is 5.24. The van der Waals surface area contributed by atoms with Crippen LogP contribution in [0, 0.1) is 12.8 Å². The third-order valence-corrected chi connectivity index (χ3v) is 3.19. The predicted octanol–water partition coefficient (Wildman–Crippen LogP) is 3.51. The zero-order valence-electron chi connectivity index (χ0n) is 10.2. The van der Waals surface area contributed by atoms with Gasteiger partial charge >= 0.3 is 0 Å². The van der Waals surface area contributed by atoms with Crippen LogP contribution in [-0.4, -0.2) is 9.78 Å². The number of aromatic nitrogens is 2. The number of hydrogen-bond acceptors (Lipinski definition) is 1. The fraction of sp³-hybridized carbons (Fsp3) is 0.769. The first-order valence-corrected chi connectivity index (χ1v) is 6.20. The zero-order chi connectivity index (χ0) is 10.8. The molecule has 0 radical (unpaired) electrons. The van der Waals surface area contributed by atoms with E-state index >= 15 is 0 Å². The van der Waals surface area contributed by atoms with E-state index in [0.717, 1.165) is 18.4 Å². The molecule has 15 heavy (non-hydrogen) atoms. The molecule has 1 aliphatic rings. The van der Waals surface area contributed by atoms with Crippen molar-refractivity contribution in [2.75, 3.05) is 0 Å². The second-order valence-electron chi connectivity index (χ2n) is 5.25. The molecular weight excluding hydrogens is 184 g/mol. The molecular formula is C13H22N2. The van der Waals surface area contributed by atoms with Gasteiger partial charge in [-0.3, -0.25) is 4.68 Å². The van der Waals surface area contributed by atoms with Crippen molar-refractivity contribution in [2.45, 2.75) is 58.9 Å². The monoisotopic (exact) mass is 206 g/mol. The molecule has 1 aromatic heterocycles. The van der Waals surface area contributed by atoms with E-state index in [2.05, 4.69) is 30.6 Å². The Morgan fingerprint density at radius 2 is 2.20 bits per heavy atom. The van der Waals surface area contributed by atoms with Gasteiger partial charge in [0, 0.05) is 18.2 Å². The van der Waals surface area contributed by atoms with Crippen LogP contribution in [0.1, 0.15) is 56.7 Å². The second kappa shape index (κ2) is 4.38. The first-order chi connectivity index (χ1) is 7.18. The minimum absolute atomic E-state index is 0.811. The lowest BCUT2D eigenvalue weighted by molar-refractivity contribution is 0.480. The maximum Gasteiger partial charge on any atom is 0.0521 e. The molecule has 1 aliphatic carbocycles. The Morgan fingerprint density at radius 1 is 1.47 bits per heavy atom. The Labute approximate surface area is 92.7 Å². The van der Waals surface area contributed by atoms with Crippen molar-refractivity contribution >= 4 is 0 Å². The van der Waals surface area contributed by atoms with E-state index in [1.807, 2.05) is 6.20 Å². The normalized spacial score (nSPS) is 16.3. The van der Waals surface area contributed by atoms with Crippen LogP contribution in [0.5, 0.6) is 0 Å². The summed E-state index contributed by atoms with van der Waals surface area (Å²) in [6.07, 6.45) is 7.35. The van der Waals surface area contributed by atoms with Gasteiger partial charge in [-0.25, -0.2) is 0 Å². The molecule has 0 aliphatic heterocycles. The molecule has 0 N–H and O–H groups in total. The Hall–Kier alpha value is -0.790. The van der Waals surface area contributed by atoms with Crippen LogP contribution in [0.2, 0.25) is 0 Å². The molecule has 0 amide bonds. The zero-order valence-corrected chi connectivity index (χ0v) is 10.2. The van der Waals surface area contributed by atoms with Gasteiger partial charge in [-0.2, -0.15) is 5.10 Å². The predicted molar refractivity (Wildman–Crippen MR) is 63.0 cm³/mol. The highest BCUT2D eigenvalue weighted by Gasteiger charge is 2.28. The molecule has 2 rings (SSSR count). The van der Waals surface area contributed by atoms with Gasteiger partial charge in [0.25, 0.3) is 0 Å². The number of rotatable bonds is 5. The molecule has 0 saturated heterocycles. The summed E-state index contributed by atoms with van der Waals surface area (Å²) in [6, 6.07) is 0. The Bertz CT molecular complexity index is 321. The van der Waals surface area contributed by atoms with Crippen molar-refractivity contribution in [3.63, 3.8) is 0 Å². The van der Waals surface area contributed by atoms with Crippen LogP contribution in [-0.2, 0) is 6.54 Å². The van der Waals surface area contributed by atoms with Gasteiger partial charge in [0.1, 0.15) is 0 Å². The van der Waals surface area contributed by atoms with Crippen molar-refractivity contribution in [1.29, 1.82) is 0 Å². The van der Waals surface area contributed by atoms with Gasteiger partial charge < -0.3 is 0 Å². The minimum atomic E-state index is 0.811. The summed E-state index contributed by atoms with van der Waals surface area (Å²) < 4.78 is 2.25. The van der Waals surface area contributed by atoms with Crippen molar-refractivity contribution in [3.8, 4) is 0 Å². The molecule has 0 atom stereocenters. The molecule has 84 valence electrons. The lowest BCUT2D eigenvalue weighted by atomic mass is 10.1. The van der Waals surface area contributed by atoms with Crippen molar-refractivity contribution < 1.29 is 0 Å². The molecule has 0 bridgehead atoms. The van der Waals surface area contributed by atoms with Gasteiger partial charge in [-0.15, -0.1) is 0 Å². The van der Waals surface area contributed by atoms with Crippen LogP contribution in [0.4, 0.5) is 0 Å². The maximum atomic E-state index is 4.49. The number of hydrogen-bond donors (Lipinski definition) is 0. The summed E-state index contributed by atoms with van der Waals surface area (Å²) >= 11 is 0. The van der Waals surface area contributed by atoms with Crippen LogP contribution in [0.25, 0.3) is 0 Å². The van der Waals surface area contributed by atoms with Crippen LogP contribution < -0.4 is 0 Å². The van der Waals surface area contributed by atoms with E-state index in [0.29, 0.717) is 0 Å². The van der Waals surface area contributed by atoms with E-state index in [1.165, 1.54) is 36.9 Å². The average molecular weight is 206 g/mol. The van der Waals surface area contributed by atoms with Crippen LogP contribution >= 0.6 is 0 Å². The molecule has 0 aromatic carbocycles. The summed E-state index contributed by atoms with van der Waals surface area (Å²) in [7, 11) is 0. The van der Waals surface area contributed by atoms with Gasteiger partial charge in [0.15, 0.2) is 0 Å². The van der Waals surface area contributed by atoms with E-state index < -0.39 is 0 Å². The van der Waals surface area contributed by atoms with Crippen molar-refractivity contribution in [1.82, 2.24) is 9.78 Å². The van der Waals surface area contributed by atoms with Crippen molar-refractivity contribution in [3.05, 3.63) is 17.5 Å². The molecule has 2 nitrogen and oxygen atoms in total. The van der Waals surface area contributed by atoms with Gasteiger partial charge in [-0.05, 0) is 44.1 Å². The van der Waals surface area contributed by atoms with E-state index in [9.17, 15) is 0 Å². The highest BCUT2D eigenvalue weighted by Crippen LogP contribution is 2.41. The fourth-order valence-electron chi connectivity index (χ4n) is 2.21. The third-order valence-electron chi connectivity index (χ3n) is 3.19. The van der Waals surface area contributed by atoms with E-state index in [1.54, 1.807) is 0 Å². The molecule has 0 spiro atoms. The summed E-state index contributed by atoms with van der Waals surface area (Å²) in [5, 5.41) is 4.49. The molecule has 1 aromatic rings. The van der Waals surface area contributed by atoms with E-state index in [-0.39, 0.29) is 0 Å². The lowest BCUT2D eigenvalue weighted by Gasteiger charge is -2.08. The Kier molecular flexibility index (Phi) is 3.13. The third kappa shape index (κ3) is 2.61. The number of nitrogens with zero attached hydrogens (tertiary/aromatic N) is 2. The lowest BCUT2D eigenvalue weighted by Crippen LogP contribution is -2.05. The van der Waals surface area contributed by atoms with Gasteiger partial charge in [0.2, 0.25) is 0 Å². The largest absolute Gasteiger partial charge is 0.269 e. The summed E-state index contributed by atoms with van der Waals surface area (Å²) in [4.78, 5) is 0. The van der Waals surface area contributed by atoms with Gasteiger partial charge in [0.05, 0.1) is 6.20 Å². The molecule has 1 heterocycles. The minimum Gasteiger partial charge on any atom is -0.269 e. The van der Waals surface area contributed by atoms with Crippen LogP contribution in [0.3, 0.4) is 0 Å². The fourth-order valence-corrected chi connectivity index (χ4v) is 2.21. The van der Waals surface area contributed by atoms with Gasteiger partial charge in [-0.1, -0.05) is 13.8 Å². The van der Waals surface area contributed by atoms with Crippen LogP contribution in [0.15, 0.2) is 6.20 Å². The summed E-state index contributed by atoms with van der Waals surface area (Å²) in [5.74, 6) is 1.64. The second-order valence-corrected chi connectivity index (χ2v) is 5.25. The Balaban J connectivity index is 1.95. The smallest absolute Gasteiger partial charge is 0.0521 e. The first kappa shape index (κ1) is 10.7. The maximum absolute atomic E-state index is 4.49. The summed E-state index contributed by atoms with van der Waals surface area (Å²) in [5.41, 5.74) is 2.90. The first-order valence-electron chi connectivity index (χ1n) is 6.20. The SMILES string of the molecule is Cc1cnn(CCCC(C)C)c1C1CC1. The van der Waals surface area contributed by atoms with E-state index in [4.69, 9.17) is 0 Å². The standard InChI is InChI=1S/C13H22N2/c1-10(2)5-4-8-15-13(12-6-7-12)11(3)9-14-15/h9-10,12H,4-8H2,1-3H3. The molecule has 1 saturated carbocycles. The topological polar surface area (TPSA) is 17.8 Å². The molecule has 0 unspecified atom stereocenters. The molecule has 1 fully saturated rings. The average Bonchev–Trinajstić information content (AvgIpc) is 2.92. The quantitative estimate of drug-likeness (QED) is 0.721. The summed E-state index contributed by atoms with van der Waals surface area (Å²) in [6.45, 7) is 7.88. The number of aryl methyl sites for hydroxylation is 2. The highest BCUT2D eigenvalue weighted by atomic mass is 15.3. The van der Waals surface area contributed by atoms with Crippen molar-refractivity contribution in [2.24, 2.45) is 5.92 Å².